The largest absolute Gasteiger partial charge is 0.396 e. The monoisotopic (exact) mass is 380 g/mol. The molecule has 1 aromatic carbocycles. The number of sulfone groups is 1. The van der Waals surface area contributed by atoms with E-state index in [1.54, 1.807) is 6.07 Å². The predicted octanol–water partition coefficient (Wildman–Crippen LogP) is 1.54. The van der Waals surface area contributed by atoms with Crippen molar-refractivity contribution in [2.75, 3.05) is 24.7 Å². The first kappa shape index (κ1) is 16.9. The summed E-state index contributed by atoms with van der Waals surface area (Å²) >= 11 is 3.27. The maximum absolute atomic E-state index is 13.1. The SMILES string of the molecule is O=S1(=O)CCC(C(CO)(CO)Cc2ccc(F)cc2Br)C1. The molecule has 0 spiro atoms. The predicted molar refractivity (Wildman–Crippen MR) is 81.2 cm³/mol. The fourth-order valence-corrected chi connectivity index (χ4v) is 5.32. The molecule has 1 aromatic rings. The summed E-state index contributed by atoms with van der Waals surface area (Å²) in [6, 6.07) is 4.22. The van der Waals surface area contributed by atoms with E-state index < -0.39 is 15.3 Å². The molecule has 0 bridgehead atoms. The molecule has 1 fully saturated rings. The molecule has 1 atom stereocenters. The Labute approximate surface area is 132 Å². The van der Waals surface area contributed by atoms with Crippen molar-refractivity contribution in [2.45, 2.75) is 12.8 Å². The van der Waals surface area contributed by atoms with Crippen LogP contribution < -0.4 is 0 Å². The minimum Gasteiger partial charge on any atom is -0.396 e. The van der Waals surface area contributed by atoms with Crippen molar-refractivity contribution >= 4 is 25.8 Å². The van der Waals surface area contributed by atoms with Crippen molar-refractivity contribution in [2.24, 2.45) is 11.3 Å². The molecule has 4 nitrogen and oxygen atoms in total. The van der Waals surface area contributed by atoms with Crippen molar-refractivity contribution < 1.29 is 23.0 Å². The fourth-order valence-electron chi connectivity index (χ4n) is 2.89. The van der Waals surface area contributed by atoms with E-state index >= 15 is 0 Å². The third-order valence-corrected chi connectivity index (χ3v) is 6.79. The van der Waals surface area contributed by atoms with Gasteiger partial charge >= 0.3 is 0 Å². The van der Waals surface area contributed by atoms with Gasteiger partial charge < -0.3 is 10.2 Å². The Morgan fingerprint density at radius 3 is 2.48 bits per heavy atom. The maximum Gasteiger partial charge on any atom is 0.150 e. The smallest absolute Gasteiger partial charge is 0.150 e. The van der Waals surface area contributed by atoms with Crippen LogP contribution in [0.4, 0.5) is 4.39 Å². The molecule has 21 heavy (non-hydrogen) atoms. The number of halogens is 2. The van der Waals surface area contributed by atoms with Crippen LogP contribution >= 0.6 is 15.9 Å². The summed E-state index contributed by atoms with van der Waals surface area (Å²) in [4.78, 5) is 0. The lowest BCUT2D eigenvalue weighted by Gasteiger charge is -2.35. The first-order valence-corrected chi connectivity index (χ1v) is 9.29. The van der Waals surface area contributed by atoms with Gasteiger partial charge in [-0.2, -0.15) is 0 Å². The van der Waals surface area contributed by atoms with Crippen LogP contribution in [0.2, 0.25) is 0 Å². The molecule has 1 aliphatic heterocycles. The van der Waals surface area contributed by atoms with Crippen molar-refractivity contribution in [3.05, 3.63) is 34.1 Å². The number of benzene rings is 1. The first-order valence-electron chi connectivity index (χ1n) is 6.68. The highest BCUT2D eigenvalue weighted by atomic mass is 79.9. The summed E-state index contributed by atoms with van der Waals surface area (Å²) in [5, 5.41) is 19.5. The van der Waals surface area contributed by atoms with E-state index in [0.717, 1.165) is 5.56 Å². The molecule has 118 valence electrons. The van der Waals surface area contributed by atoms with Crippen molar-refractivity contribution in [3.8, 4) is 0 Å². The van der Waals surface area contributed by atoms with Gasteiger partial charge in [-0.15, -0.1) is 0 Å². The molecule has 2 N–H and O–H groups in total. The second-order valence-electron chi connectivity index (χ2n) is 5.69. The summed E-state index contributed by atoms with van der Waals surface area (Å²) in [6.07, 6.45) is 0.726. The number of hydrogen-bond donors (Lipinski definition) is 2. The normalized spacial score (nSPS) is 21.6. The van der Waals surface area contributed by atoms with Crippen molar-refractivity contribution in [1.82, 2.24) is 0 Å². The van der Waals surface area contributed by atoms with Crippen LogP contribution in [0.5, 0.6) is 0 Å². The van der Waals surface area contributed by atoms with Gasteiger partial charge in [0.05, 0.1) is 24.7 Å². The minimum absolute atomic E-state index is 0.0209. The molecule has 2 rings (SSSR count). The van der Waals surface area contributed by atoms with E-state index in [-0.39, 0.29) is 36.5 Å². The Kier molecular flexibility index (Phi) is 5.07. The summed E-state index contributed by atoms with van der Waals surface area (Å²) in [7, 11) is -3.10. The summed E-state index contributed by atoms with van der Waals surface area (Å²) in [6.45, 7) is -0.624. The fraction of sp³-hybridized carbons (Fsp3) is 0.571. The van der Waals surface area contributed by atoms with Crippen molar-refractivity contribution in [1.29, 1.82) is 0 Å². The number of hydrogen-bond acceptors (Lipinski definition) is 4. The van der Waals surface area contributed by atoms with E-state index in [4.69, 9.17) is 0 Å². The molecule has 1 heterocycles. The number of aliphatic hydroxyl groups excluding tert-OH is 2. The van der Waals surface area contributed by atoms with Crippen LogP contribution in [-0.2, 0) is 16.3 Å². The lowest BCUT2D eigenvalue weighted by Crippen LogP contribution is -2.41. The second-order valence-corrected chi connectivity index (χ2v) is 8.77. The van der Waals surface area contributed by atoms with Crippen LogP contribution in [0.1, 0.15) is 12.0 Å². The Morgan fingerprint density at radius 1 is 1.33 bits per heavy atom. The van der Waals surface area contributed by atoms with Crippen LogP contribution in [0.15, 0.2) is 22.7 Å². The second kappa shape index (κ2) is 6.32. The van der Waals surface area contributed by atoms with Crippen LogP contribution in [0.25, 0.3) is 0 Å². The molecule has 1 saturated heterocycles. The number of aliphatic hydroxyl groups is 2. The van der Waals surface area contributed by atoms with E-state index in [1.165, 1.54) is 12.1 Å². The molecular weight excluding hydrogens is 363 g/mol. The van der Waals surface area contributed by atoms with Crippen LogP contribution in [-0.4, -0.2) is 43.4 Å². The van der Waals surface area contributed by atoms with E-state index in [2.05, 4.69) is 15.9 Å². The maximum atomic E-state index is 13.1. The van der Waals surface area contributed by atoms with Crippen LogP contribution in [0.3, 0.4) is 0 Å². The average Bonchev–Trinajstić information content (AvgIpc) is 2.79. The Hall–Kier alpha value is -0.500. The van der Waals surface area contributed by atoms with Gasteiger partial charge in [-0.3, -0.25) is 0 Å². The first-order chi connectivity index (χ1) is 9.82. The zero-order chi connectivity index (χ0) is 15.7. The molecule has 0 saturated carbocycles. The zero-order valence-electron chi connectivity index (χ0n) is 11.4. The summed E-state index contributed by atoms with van der Waals surface area (Å²) in [5.41, 5.74) is -0.173. The van der Waals surface area contributed by atoms with Gasteiger partial charge in [-0.05, 0) is 36.5 Å². The molecular formula is C14H18BrFO4S. The molecule has 7 heteroatoms. The Bertz CT molecular complexity index is 613. The van der Waals surface area contributed by atoms with Gasteiger partial charge in [-0.25, -0.2) is 12.8 Å². The Balaban J connectivity index is 2.30. The van der Waals surface area contributed by atoms with E-state index in [0.29, 0.717) is 17.3 Å². The third kappa shape index (κ3) is 3.64. The van der Waals surface area contributed by atoms with Gasteiger partial charge in [0.25, 0.3) is 0 Å². The Morgan fingerprint density at radius 2 is 2.00 bits per heavy atom. The van der Waals surface area contributed by atoms with Crippen molar-refractivity contribution in [3.63, 3.8) is 0 Å². The quantitative estimate of drug-likeness (QED) is 0.812. The highest BCUT2D eigenvalue weighted by molar-refractivity contribution is 9.10. The minimum atomic E-state index is -3.10. The number of rotatable bonds is 5. The van der Waals surface area contributed by atoms with Gasteiger partial charge in [0.1, 0.15) is 5.82 Å². The molecule has 0 aliphatic carbocycles. The lowest BCUT2D eigenvalue weighted by atomic mass is 9.72. The van der Waals surface area contributed by atoms with Gasteiger partial charge in [0, 0.05) is 9.89 Å². The third-order valence-electron chi connectivity index (χ3n) is 4.29. The highest BCUT2D eigenvalue weighted by Crippen LogP contribution is 2.39. The topological polar surface area (TPSA) is 74.6 Å². The molecule has 1 unspecified atom stereocenters. The van der Waals surface area contributed by atoms with Gasteiger partial charge in [0.2, 0.25) is 0 Å². The zero-order valence-corrected chi connectivity index (χ0v) is 13.8. The summed E-state index contributed by atoms with van der Waals surface area (Å²) < 4.78 is 37.0. The molecule has 0 aromatic heterocycles. The van der Waals surface area contributed by atoms with Crippen LogP contribution in [0, 0.1) is 17.2 Å². The van der Waals surface area contributed by atoms with Gasteiger partial charge in [0.15, 0.2) is 9.84 Å². The lowest BCUT2D eigenvalue weighted by molar-refractivity contribution is 0.0123. The molecule has 1 aliphatic rings. The van der Waals surface area contributed by atoms with E-state index in [9.17, 15) is 23.0 Å². The molecule has 0 amide bonds. The molecule has 0 radical (unpaired) electrons. The summed E-state index contributed by atoms with van der Waals surface area (Å²) in [5.74, 6) is -0.612. The highest BCUT2D eigenvalue weighted by Gasteiger charge is 2.44. The average molecular weight is 381 g/mol. The van der Waals surface area contributed by atoms with Gasteiger partial charge in [-0.1, -0.05) is 22.0 Å². The standard InChI is InChI=1S/C14H18BrFO4S/c15-13-5-12(16)2-1-10(13)6-14(8-17,9-18)11-3-4-21(19,20)7-11/h1-2,5,11,17-18H,3-4,6-9H2. The van der Waals surface area contributed by atoms with E-state index in [1.807, 2.05) is 0 Å².